The Morgan fingerprint density at radius 1 is 0.792 bits per heavy atom. The zero-order valence-electron chi connectivity index (χ0n) is 15.5. The average molecular weight is 464 g/mol. The van der Waals surface area contributed by atoms with E-state index in [1.807, 2.05) is 23.0 Å². The van der Waals surface area contributed by atoms with Crippen LogP contribution in [0.5, 0.6) is 0 Å². The lowest BCUT2D eigenvalue weighted by Gasteiger charge is -2.15. The van der Waals surface area contributed by atoms with Crippen molar-refractivity contribution in [3.05, 3.63) is 0 Å². The van der Waals surface area contributed by atoms with Gasteiger partial charge in [-0.3, -0.25) is 0 Å². The molecule has 0 aromatic rings. The van der Waals surface area contributed by atoms with Gasteiger partial charge in [0, 0.05) is 12.3 Å². The molecule has 0 N–H and O–H groups in total. The third-order valence-corrected chi connectivity index (χ3v) is 6.36. The van der Waals surface area contributed by atoms with E-state index in [1.165, 1.54) is 101 Å². The summed E-state index contributed by atoms with van der Waals surface area (Å²) >= 11 is 4.07. The Hall–Kier alpha value is 0.600. The van der Waals surface area contributed by atoms with Crippen molar-refractivity contribution in [2.45, 2.75) is 96.3 Å². The highest BCUT2D eigenvalue weighted by Gasteiger charge is 2.09. The van der Waals surface area contributed by atoms with E-state index < -0.39 is 0 Å². The van der Waals surface area contributed by atoms with E-state index in [2.05, 4.69) is 23.6 Å². The van der Waals surface area contributed by atoms with E-state index in [9.17, 15) is 0 Å². The molecule has 0 unspecified atom stereocenters. The summed E-state index contributed by atoms with van der Waals surface area (Å²) in [5, 5.41) is 0. The van der Waals surface area contributed by atoms with Gasteiger partial charge in [-0.1, -0.05) is 63.7 Å². The molecule has 0 saturated heterocycles. The van der Waals surface area contributed by atoms with E-state index in [0.29, 0.717) is 0 Å². The fourth-order valence-electron chi connectivity index (χ4n) is 3.26. The molecular formula is C21H37IOS. The Morgan fingerprint density at radius 2 is 1.42 bits per heavy atom. The number of hydrogen-bond acceptors (Lipinski definition) is 2. The molecule has 1 rings (SSSR count). The highest BCUT2D eigenvalue weighted by molar-refractivity contribution is 14.1. The summed E-state index contributed by atoms with van der Waals surface area (Å²) in [4.78, 5) is 0. The number of halogens is 1. The minimum Gasteiger partial charge on any atom is -0.316 e. The lowest BCUT2D eigenvalue weighted by molar-refractivity contribution is 0.427. The van der Waals surface area contributed by atoms with E-state index >= 15 is 0 Å². The molecule has 0 spiro atoms. The van der Waals surface area contributed by atoms with Crippen molar-refractivity contribution in [3.8, 4) is 11.8 Å². The minimum absolute atomic E-state index is 0.733. The van der Waals surface area contributed by atoms with Crippen LogP contribution in [-0.4, -0.2) is 18.1 Å². The van der Waals surface area contributed by atoms with Crippen molar-refractivity contribution >= 4 is 34.8 Å². The summed E-state index contributed by atoms with van der Waals surface area (Å²) in [5.41, 5.74) is 0. The van der Waals surface area contributed by atoms with Gasteiger partial charge >= 0.3 is 0 Å². The summed E-state index contributed by atoms with van der Waals surface area (Å²) in [6.07, 6.45) is 20.5. The molecule has 0 radical (unpaired) electrons. The maximum absolute atomic E-state index is 5.03. The fourth-order valence-corrected chi connectivity index (χ4v) is 4.50. The van der Waals surface area contributed by atoms with Gasteiger partial charge in [-0.05, 0) is 43.6 Å². The Bertz CT molecular complexity index is 318. The van der Waals surface area contributed by atoms with Gasteiger partial charge < -0.3 is 3.07 Å². The predicted molar refractivity (Wildman–Crippen MR) is 118 cm³/mol. The molecule has 1 saturated carbocycles. The number of unbranched alkanes of at least 4 members (excludes halogenated alkanes) is 8. The Balaban J connectivity index is 1.72. The molecule has 0 aliphatic heterocycles. The van der Waals surface area contributed by atoms with Crippen LogP contribution < -0.4 is 0 Å². The average Bonchev–Trinajstić information content (AvgIpc) is 2.62. The minimum atomic E-state index is 0.733. The van der Waals surface area contributed by atoms with E-state index in [1.54, 1.807) is 0 Å². The second-order valence-corrected chi connectivity index (χ2v) is 8.86. The zero-order valence-corrected chi connectivity index (χ0v) is 18.5. The van der Waals surface area contributed by atoms with Crippen LogP contribution >= 0.6 is 34.8 Å². The van der Waals surface area contributed by atoms with Crippen molar-refractivity contribution in [2.75, 3.05) is 18.1 Å². The van der Waals surface area contributed by atoms with Gasteiger partial charge in [-0.25, -0.2) is 0 Å². The number of thioether (sulfide) groups is 1. The molecule has 0 amide bonds. The van der Waals surface area contributed by atoms with Gasteiger partial charge in [0.1, 0.15) is 23.0 Å². The smallest absolute Gasteiger partial charge is 0.109 e. The maximum Gasteiger partial charge on any atom is 0.109 e. The van der Waals surface area contributed by atoms with Crippen LogP contribution in [0.25, 0.3) is 0 Å². The predicted octanol–water partition coefficient (Wildman–Crippen LogP) is 7.57. The SMILES string of the molecule is IOCCCSCCCCCCCCCCC#CC1CCCCC1. The monoisotopic (exact) mass is 464 g/mol. The van der Waals surface area contributed by atoms with Gasteiger partial charge in [0.15, 0.2) is 0 Å². The van der Waals surface area contributed by atoms with E-state index in [-0.39, 0.29) is 0 Å². The number of hydrogen-bond donors (Lipinski definition) is 0. The molecule has 0 heterocycles. The molecule has 0 atom stereocenters. The molecule has 24 heavy (non-hydrogen) atoms. The lowest BCUT2D eigenvalue weighted by Crippen LogP contribution is -2.02. The van der Waals surface area contributed by atoms with Crippen molar-refractivity contribution < 1.29 is 3.07 Å². The summed E-state index contributed by atoms with van der Waals surface area (Å²) in [6, 6.07) is 0. The highest BCUT2D eigenvalue weighted by Crippen LogP contribution is 2.22. The van der Waals surface area contributed by atoms with E-state index in [4.69, 9.17) is 3.07 Å². The van der Waals surface area contributed by atoms with Crippen molar-refractivity contribution in [3.63, 3.8) is 0 Å². The van der Waals surface area contributed by atoms with Gasteiger partial charge in [-0.15, -0.1) is 5.92 Å². The largest absolute Gasteiger partial charge is 0.316 e. The molecule has 0 aromatic carbocycles. The summed E-state index contributed by atoms with van der Waals surface area (Å²) in [7, 11) is 0. The summed E-state index contributed by atoms with van der Waals surface area (Å²) < 4.78 is 5.03. The fraction of sp³-hybridized carbons (Fsp3) is 0.905. The Morgan fingerprint density at radius 3 is 2.12 bits per heavy atom. The number of rotatable bonds is 14. The lowest BCUT2D eigenvalue weighted by atomic mass is 9.90. The van der Waals surface area contributed by atoms with Crippen LogP contribution in [0.3, 0.4) is 0 Å². The summed E-state index contributed by atoms with van der Waals surface area (Å²) in [6.45, 7) is 0.903. The van der Waals surface area contributed by atoms with Crippen LogP contribution in [0.2, 0.25) is 0 Å². The van der Waals surface area contributed by atoms with Crippen molar-refractivity contribution in [2.24, 2.45) is 5.92 Å². The van der Waals surface area contributed by atoms with Crippen molar-refractivity contribution in [1.29, 1.82) is 0 Å². The van der Waals surface area contributed by atoms with Crippen LogP contribution in [-0.2, 0) is 3.07 Å². The first-order valence-corrected chi connectivity index (χ1v) is 12.3. The molecule has 1 nitrogen and oxygen atoms in total. The first-order chi connectivity index (χ1) is 11.9. The topological polar surface area (TPSA) is 9.23 Å². The first kappa shape index (κ1) is 22.6. The third kappa shape index (κ3) is 14.9. The van der Waals surface area contributed by atoms with Crippen LogP contribution in [0.4, 0.5) is 0 Å². The van der Waals surface area contributed by atoms with Crippen molar-refractivity contribution in [1.82, 2.24) is 0 Å². The molecule has 1 aliphatic rings. The molecule has 1 aliphatic carbocycles. The van der Waals surface area contributed by atoms with Gasteiger partial charge in [-0.2, -0.15) is 11.8 Å². The molecule has 140 valence electrons. The van der Waals surface area contributed by atoms with E-state index in [0.717, 1.165) is 18.9 Å². The second kappa shape index (κ2) is 18.4. The molecule has 0 aromatic heterocycles. The second-order valence-electron chi connectivity index (χ2n) is 7.01. The standard InChI is InChI=1S/C21H37IOS/c22-23-18-14-20-24-19-13-8-6-4-2-1-3-5-7-10-15-21-16-11-9-12-17-21/h21H,1-9,11-14,16-20H2. The van der Waals surface area contributed by atoms with Gasteiger partial charge in [0.05, 0.1) is 6.61 Å². The van der Waals surface area contributed by atoms with Crippen LogP contribution in [0, 0.1) is 17.8 Å². The molecular weight excluding hydrogens is 427 g/mol. The zero-order chi connectivity index (χ0) is 17.1. The normalized spacial score (nSPS) is 15.2. The molecule has 3 heteroatoms. The Kier molecular flexibility index (Phi) is 17.4. The molecule has 0 bridgehead atoms. The highest BCUT2D eigenvalue weighted by atomic mass is 127. The van der Waals surface area contributed by atoms with Gasteiger partial charge in [0.25, 0.3) is 0 Å². The Labute approximate surface area is 169 Å². The van der Waals surface area contributed by atoms with Crippen LogP contribution in [0.1, 0.15) is 96.3 Å². The third-order valence-electron chi connectivity index (χ3n) is 4.76. The molecule has 1 fully saturated rings. The maximum atomic E-state index is 5.03. The quantitative estimate of drug-likeness (QED) is 0.149. The van der Waals surface area contributed by atoms with Crippen LogP contribution in [0.15, 0.2) is 0 Å². The van der Waals surface area contributed by atoms with Gasteiger partial charge in [0.2, 0.25) is 0 Å². The first-order valence-electron chi connectivity index (χ1n) is 10.2. The summed E-state index contributed by atoms with van der Waals surface area (Å²) in [5.74, 6) is 10.3.